The first kappa shape index (κ1) is 13.2. The number of rotatable bonds is 3. The second-order valence-electron chi connectivity index (χ2n) is 4.27. The zero-order valence-corrected chi connectivity index (χ0v) is 10.5. The quantitative estimate of drug-likeness (QED) is 0.924. The monoisotopic (exact) mass is 265 g/mol. The van der Waals surface area contributed by atoms with Gasteiger partial charge in [0.05, 0.1) is 17.8 Å². The van der Waals surface area contributed by atoms with Crippen LogP contribution in [-0.2, 0) is 7.05 Å². The number of nitrogens with zero attached hydrogens (tertiary/aromatic N) is 2. The van der Waals surface area contributed by atoms with Gasteiger partial charge in [0.1, 0.15) is 11.6 Å². The molecule has 0 aliphatic carbocycles. The molecule has 6 heteroatoms. The van der Waals surface area contributed by atoms with E-state index < -0.39 is 17.5 Å². The lowest BCUT2D eigenvalue weighted by molar-refractivity contribution is 0.0935. The summed E-state index contributed by atoms with van der Waals surface area (Å²) in [5, 5.41) is 6.62. The molecule has 0 bridgehead atoms. The number of carbonyl (C=O) groups is 1. The van der Waals surface area contributed by atoms with Gasteiger partial charge in [-0.25, -0.2) is 8.78 Å². The van der Waals surface area contributed by atoms with Gasteiger partial charge >= 0.3 is 0 Å². The fraction of sp³-hybridized carbons (Fsp3) is 0.231. The van der Waals surface area contributed by atoms with Gasteiger partial charge in [-0.15, -0.1) is 0 Å². The van der Waals surface area contributed by atoms with Crippen LogP contribution in [0.2, 0.25) is 0 Å². The number of benzene rings is 1. The standard InChI is InChI=1S/C13H13F2N3O/c1-8(9-6-16-18(2)7-9)17-13(19)11-4-3-10(14)5-12(11)15/h3-8H,1-2H3,(H,17,19). The SMILES string of the molecule is CC(NC(=O)c1ccc(F)cc1F)c1cnn(C)c1. The Morgan fingerprint density at radius 2 is 2.16 bits per heavy atom. The molecule has 1 unspecified atom stereocenters. The van der Waals surface area contributed by atoms with Crippen LogP contribution in [0.4, 0.5) is 8.78 Å². The smallest absolute Gasteiger partial charge is 0.254 e. The van der Waals surface area contributed by atoms with E-state index in [1.165, 1.54) is 0 Å². The Balaban J connectivity index is 2.12. The largest absolute Gasteiger partial charge is 0.345 e. The molecule has 1 N–H and O–H groups in total. The maximum absolute atomic E-state index is 13.4. The van der Waals surface area contributed by atoms with Crippen molar-refractivity contribution in [2.24, 2.45) is 7.05 Å². The first-order valence-electron chi connectivity index (χ1n) is 5.72. The van der Waals surface area contributed by atoms with Crippen LogP contribution in [0.15, 0.2) is 30.6 Å². The van der Waals surface area contributed by atoms with Gasteiger partial charge in [-0.2, -0.15) is 5.10 Å². The average molecular weight is 265 g/mol. The summed E-state index contributed by atoms with van der Waals surface area (Å²) >= 11 is 0. The van der Waals surface area contributed by atoms with Gasteiger partial charge in [-0.05, 0) is 19.1 Å². The molecule has 0 aliphatic rings. The summed E-state index contributed by atoms with van der Waals surface area (Å²) in [6.45, 7) is 1.76. The highest BCUT2D eigenvalue weighted by Crippen LogP contribution is 2.14. The molecule has 0 aliphatic heterocycles. The summed E-state index contributed by atoms with van der Waals surface area (Å²) < 4.78 is 27.8. The Kier molecular flexibility index (Phi) is 3.59. The Morgan fingerprint density at radius 3 is 2.74 bits per heavy atom. The van der Waals surface area contributed by atoms with Crippen molar-refractivity contribution in [3.8, 4) is 0 Å². The van der Waals surface area contributed by atoms with Crippen molar-refractivity contribution in [1.82, 2.24) is 15.1 Å². The van der Waals surface area contributed by atoms with Crippen LogP contribution < -0.4 is 5.32 Å². The summed E-state index contributed by atoms with van der Waals surface area (Å²) in [5.41, 5.74) is 0.621. The van der Waals surface area contributed by atoms with Crippen LogP contribution in [0.1, 0.15) is 28.9 Å². The van der Waals surface area contributed by atoms with E-state index in [1.54, 1.807) is 31.0 Å². The molecule has 0 radical (unpaired) electrons. The molecule has 1 atom stereocenters. The second kappa shape index (κ2) is 5.17. The fourth-order valence-electron chi connectivity index (χ4n) is 1.70. The highest BCUT2D eigenvalue weighted by Gasteiger charge is 2.16. The van der Waals surface area contributed by atoms with Crippen molar-refractivity contribution < 1.29 is 13.6 Å². The molecule has 19 heavy (non-hydrogen) atoms. The third-order valence-corrected chi connectivity index (χ3v) is 2.75. The minimum atomic E-state index is -0.879. The van der Waals surface area contributed by atoms with Crippen molar-refractivity contribution in [2.45, 2.75) is 13.0 Å². The number of hydrogen-bond acceptors (Lipinski definition) is 2. The van der Waals surface area contributed by atoms with Crippen LogP contribution in [0.3, 0.4) is 0 Å². The molecule has 1 aromatic carbocycles. The Morgan fingerprint density at radius 1 is 1.42 bits per heavy atom. The molecule has 2 aromatic rings. The first-order chi connectivity index (χ1) is 8.97. The molecule has 0 saturated heterocycles. The van der Waals surface area contributed by atoms with Gasteiger partial charge in [0.25, 0.3) is 5.91 Å². The molecule has 0 saturated carbocycles. The molecular weight excluding hydrogens is 252 g/mol. The van der Waals surface area contributed by atoms with Crippen molar-refractivity contribution in [3.63, 3.8) is 0 Å². The molecule has 0 spiro atoms. The number of aryl methyl sites for hydroxylation is 1. The molecular formula is C13H13F2N3O. The molecule has 4 nitrogen and oxygen atoms in total. The van der Waals surface area contributed by atoms with Gasteiger partial charge in [-0.1, -0.05) is 0 Å². The van der Waals surface area contributed by atoms with Crippen LogP contribution >= 0.6 is 0 Å². The number of aromatic nitrogens is 2. The molecule has 1 heterocycles. The van der Waals surface area contributed by atoms with Gasteiger partial charge in [0.2, 0.25) is 0 Å². The zero-order valence-electron chi connectivity index (χ0n) is 10.5. The Bertz CT molecular complexity index is 610. The Hall–Kier alpha value is -2.24. The van der Waals surface area contributed by atoms with Crippen LogP contribution in [0.5, 0.6) is 0 Å². The van der Waals surface area contributed by atoms with E-state index in [4.69, 9.17) is 0 Å². The minimum absolute atomic E-state index is 0.183. The van der Waals surface area contributed by atoms with E-state index in [0.717, 1.165) is 17.7 Å². The summed E-state index contributed by atoms with van der Waals surface area (Å²) in [6, 6.07) is 2.54. The van der Waals surface area contributed by atoms with E-state index in [9.17, 15) is 13.6 Å². The predicted octanol–water partition coefficient (Wildman–Crippen LogP) is 2.19. The highest BCUT2D eigenvalue weighted by atomic mass is 19.1. The van der Waals surface area contributed by atoms with Gasteiger partial charge in [0, 0.05) is 24.9 Å². The number of carbonyl (C=O) groups excluding carboxylic acids is 1. The highest BCUT2D eigenvalue weighted by molar-refractivity contribution is 5.94. The molecule has 1 aromatic heterocycles. The number of hydrogen-bond donors (Lipinski definition) is 1. The van der Waals surface area contributed by atoms with Crippen molar-refractivity contribution in [3.05, 3.63) is 53.4 Å². The molecule has 1 amide bonds. The van der Waals surface area contributed by atoms with Crippen molar-refractivity contribution in [1.29, 1.82) is 0 Å². The molecule has 2 rings (SSSR count). The lowest BCUT2D eigenvalue weighted by Crippen LogP contribution is -2.27. The first-order valence-corrected chi connectivity index (χ1v) is 5.72. The van der Waals surface area contributed by atoms with Crippen LogP contribution in [0.25, 0.3) is 0 Å². The van der Waals surface area contributed by atoms with E-state index in [2.05, 4.69) is 10.4 Å². The maximum Gasteiger partial charge on any atom is 0.254 e. The minimum Gasteiger partial charge on any atom is -0.345 e. The summed E-state index contributed by atoms with van der Waals surface area (Å²) in [4.78, 5) is 11.9. The van der Waals surface area contributed by atoms with Gasteiger partial charge < -0.3 is 5.32 Å². The molecule has 0 fully saturated rings. The van der Waals surface area contributed by atoms with Crippen molar-refractivity contribution in [2.75, 3.05) is 0 Å². The number of halogens is 2. The molecule has 100 valence electrons. The number of amides is 1. The van der Waals surface area contributed by atoms with Gasteiger partial charge in [0.15, 0.2) is 0 Å². The lowest BCUT2D eigenvalue weighted by atomic mass is 10.1. The van der Waals surface area contributed by atoms with E-state index in [1.807, 2.05) is 0 Å². The normalized spacial score (nSPS) is 12.2. The zero-order chi connectivity index (χ0) is 14.0. The van der Waals surface area contributed by atoms with Crippen molar-refractivity contribution >= 4 is 5.91 Å². The predicted molar refractivity (Wildman–Crippen MR) is 65.4 cm³/mol. The second-order valence-corrected chi connectivity index (χ2v) is 4.27. The number of nitrogens with one attached hydrogen (secondary N) is 1. The fourth-order valence-corrected chi connectivity index (χ4v) is 1.70. The van der Waals surface area contributed by atoms with Crippen LogP contribution in [-0.4, -0.2) is 15.7 Å². The van der Waals surface area contributed by atoms with Gasteiger partial charge in [-0.3, -0.25) is 9.48 Å². The van der Waals surface area contributed by atoms with E-state index >= 15 is 0 Å². The topological polar surface area (TPSA) is 46.9 Å². The summed E-state index contributed by atoms with van der Waals surface area (Å²) in [6.07, 6.45) is 3.37. The lowest BCUT2D eigenvalue weighted by Gasteiger charge is -2.12. The third-order valence-electron chi connectivity index (χ3n) is 2.75. The summed E-state index contributed by atoms with van der Waals surface area (Å²) in [5.74, 6) is -2.18. The summed E-state index contributed by atoms with van der Waals surface area (Å²) in [7, 11) is 1.76. The van der Waals surface area contributed by atoms with Crippen LogP contribution in [0, 0.1) is 11.6 Å². The Labute approximate surface area is 109 Å². The maximum atomic E-state index is 13.4. The average Bonchev–Trinajstić information content (AvgIpc) is 2.75. The third kappa shape index (κ3) is 2.96. The van der Waals surface area contributed by atoms with E-state index in [0.29, 0.717) is 6.07 Å². The van der Waals surface area contributed by atoms with E-state index in [-0.39, 0.29) is 11.6 Å².